The van der Waals surface area contributed by atoms with E-state index in [1.54, 1.807) is 0 Å². The van der Waals surface area contributed by atoms with Crippen LogP contribution in [0.1, 0.15) is 0 Å². The second-order valence-corrected chi connectivity index (χ2v) is 4.91. The summed E-state index contributed by atoms with van der Waals surface area (Å²) in [6, 6.07) is 2.72. The Labute approximate surface area is 99.0 Å². The van der Waals surface area contributed by atoms with Crippen LogP contribution < -0.4 is 13.7 Å². The predicted molar refractivity (Wildman–Crippen MR) is 60.0 cm³/mol. The number of ether oxygens (including phenoxy) is 2. The van der Waals surface area contributed by atoms with E-state index in [4.69, 9.17) is 21.1 Å². The molecule has 0 fully saturated rings. The van der Waals surface area contributed by atoms with Crippen molar-refractivity contribution in [3.63, 3.8) is 0 Å². The quantitative estimate of drug-likeness (QED) is 0.776. The molecule has 16 heavy (non-hydrogen) atoms. The smallest absolute Gasteiger partial charge is 0.306 e. The molecule has 1 aromatic rings. The van der Waals surface area contributed by atoms with Crippen LogP contribution >= 0.6 is 11.6 Å². The predicted octanol–water partition coefficient (Wildman–Crippen LogP) is 1.70. The van der Waals surface area contributed by atoms with E-state index in [1.807, 2.05) is 0 Å². The maximum atomic E-state index is 10.9. The van der Waals surface area contributed by atoms with Crippen LogP contribution in [0.4, 0.5) is 0 Å². The van der Waals surface area contributed by atoms with Crippen molar-refractivity contribution < 1.29 is 22.1 Å². The molecule has 0 bridgehead atoms. The standard InChI is InChI=1S/C9H11ClO5S/c1-13-8-5-6(15-16(3,11)12)4-7(10)9(8)14-2/h4-5H,1-3H3. The normalized spacial score (nSPS) is 11.0. The highest BCUT2D eigenvalue weighted by molar-refractivity contribution is 7.86. The Morgan fingerprint density at radius 1 is 1.19 bits per heavy atom. The van der Waals surface area contributed by atoms with Gasteiger partial charge in [0.25, 0.3) is 0 Å². The van der Waals surface area contributed by atoms with E-state index in [1.165, 1.54) is 26.4 Å². The minimum Gasteiger partial charge on any atom is -0.493 e. The van der Waals surface area contributed by atoms with Crippen molar-refractivity contribution in [2.24, 2.45) is 0 Å². The molecule has 0 saturated carbocycles. The van der Waals surface area contributed by atoms with Gasteiger partial charge in [0, 0.05) is 12.1 Å². The van der Waals surface area contributed by atoms with Crippen molar-refractivity contribution in [2.75, 3.05) is 20.5 Å². The molecule has 0 aromatic heterocycles. The summed E-state index contributed by atoms with van der Waals surface area (Å²) in [7, 11) is -0.747. The molecule has 1 aromatic carbocycles. The fourth-order valence-corrected chi connectivity index (χ4v) is 1.84. The summed E-state index contributed by atoms with van der Waals surface area (Å²) in [6.45, 7) is 0. The van der Waals surface area contributed by atoms with Crippen molar-refractivity contribution in [1.29, 1.82) is 0 Å². The molecule has 0 saturated heterocycles. The molecule has 0 aliphatic rings. The SMILES string of the molecule is COc1cc(OS(C)(=O)=O)cc(Cl)c1OC. The third-order valence-electron chi connectivity index (χ3n) is 1.65. The molecule has 7 heteroatoms. The fourth-order valence-electron chi connectivity index (χ4n) is 1.12. The lowest BCUT2D eigenvalue weighted by Gasteiger charge is -2.11. The van der Waals surface area contributed by atoms with Gasteiger partial charge < -0.3 is 13.7 Å². The van der Waals surface area contributed by atoms with E-state index in [-0.39, 0.29) is 10.8 Å². The van der Waals surface area contributed by atoms with Gasteiger partial charge in [-0.05, 0) is 0 Å². The molecular weight excluding hydrogens is 256 g/mol. The van der Waals surface area contributed by atoms with Crippen LogP contribution in [0.2, 0.25) is 5.02 Å². The van der Waals surface area contributed by atoms with Crippen LogP contribution in [0, 0.1) is 0 Å². The first-order valence-electron chi connectivity index (χ1n) is 4.18. The van der Waals surface area contributed by atoms with Gasteiger partial charge in [-0.15, -0.1) is 0 Å². The van der Waals surface area contributed by atoms with E-state index in [0.29, 0.717) is 11.5 Å². The van der Waals surface area contributed by atoms with Gasteiger partial charge in [-0.1, -0.05) is 11.6 Å². The summed E-state index contributed by atoms with van der Waals surface area (Å²) >= 11 is 5.86. The molecular formula is C9H11ClO5S. The monoisotopic (exact) mass is 266 g/mol. The fraction of sp³-hybridized carbons (Fsp3) is 0.333. The first-order valence-corrected chi connectivity index (χ1v) is 6.38. The van der Waals surface area contributed by atoms with Crippen molar-refractivity contribution in [1.82, 2.24) is 0 Å². The Morgan fingerprint density at radius 3 is 2.25 bits per heavy atom. The summed E-state index contributed by atoms with van der Waals surface area (Å²) in [5.41, 5.74) is 0. The minimum absolute atomic E-state index is 0.0742. The van der Waals surface area contributed by atoms with Crippen molar-refractivity contribution in [3.8, 4) is 17.2 Å². The first kappa shape index (κ1) is 12.9. The molecule has 0 atom stereocenters. The summed E-state index contributed by atoms with van der Waals surface area (Å²) in [4.78, 5) is 0. The molecule has 0 aliphatic heterocycles. The second-order valence-electron chi connectivity index (χ2n) is 2.93. The van der Waals surface area contributed by atoms with E-state index >= 15 is 0 Å². The summed E-state index contributed by atoms with van der Waals surface area (Å²) in [6.07, 6.45) is 0.942. The Bertz CT molecular complexity index is 483. The molecule has 1 rings (SSSR count). The third-order valence-corrected chi connectivity index (χ3v) is 2.43. The number of benzene rings is 1. The summed E-state index contributed by atoms with van der Waals surface area (Å²) in [5, 5.41) is 0.209. The van der Waals surface area contributed by atoms with Gasteiger partial charge in [0.2, 0.25) is 0 Å². The Hall–Kier alpha value is -1.14. The van der Waals surface area contributed by atoms with Gasteiger partial charge >= 0.3 is 10.1 Å². The van der Waals surface area contributed by atoms with Crippen LogP contribution in [0.15, 0.2) is 12.1 Å². The molecule has 90 valence electrons. The van der Waals surface area contributed by atoms with Crippen LogP contribution in [-0.2, 0) is 10.1 Å². The Morgan fingerprint density at radius 2 is 1.81 bits per heavy atom. The summed E-state index contributed by atoms with van der Waals surface area (Å²) in [5.74, 6) is 0.698. The highest BCUT2D eigenvalue weighted by Crippen LogP contribution is 2.38. The molecule has 0 N–H and O–H groups in total. The van der Waals surface area contributed by atoms with Crippen LogP contribution in [0.5, 0.6) is 17.2 Å². The van der Waals surface area contributed by atoms with Gasteiger partial charge in [0.15, 0.2) is 11.5 Å². The van der Waals surface area contributed by atoms with E-state index in [2.05, 4.69) is 4.18 Å². The van der Waals surface area contributed by atoms with E-state index in [9.17, 15) is 8.42 Å². The summed E-state index contributed by atoms with van der Waals surface area (Å²) < 4.78 is 36.5. The number of rotatable bonds is 4. The zero-order valence-electron chi connectivity index (χ0n) is 8.98. The Kier molecular flexibility index (Phi) is 3.88. The largest absolute Gasteiger partial charge is 0.493 e. The number of methoxy groups -OCH3 is 2. The van der Waals surface area contributed by atoms with Crippen molar-refractivity contribution in [2.45, 2.75) is 0 Å². The van der Waals surface area contributed by atoms with Crippen LogP contribution in [-0.4, -0.2) is 28.9 Å². The first-order chi connectivity index (χ1) is 7.37. The molecule has 0 unspecified atom stereocenters. The van der Waals surface area contributed by atoms with Crippen molar-refractivity contribution in [3.05, 3.63) is 17.2 Å². The van der Waals surface area contributed by atoms with Crippen LogP contribution in [0.25, 0.3) is 0 Å². The average Bonchev–Trinajstić information content (AvgIpc) is 2.14. The molecule has 0 spiro atoms. The van der Waals surface area contributed by atoms with Gasteiger partial charge in [-0.3, -0.25) is 0 Å². The van der Waals surface area contributed by atoms with Gasteiger partial charge in [0.05, 0.1) is 25.5 Å². The van der Waals surface area contributed by atoms with Crippen molar-refractivity contribution >= 4 is 21.7 Å². The second kappa shape index (κ2) is 4.80. The third kappa shape index (κ3) is 3.18. The van der Waals surface area contributed by atoms with E-state index < -0.39 is 10.1 Å². The van der Waals surface area contributed by atoms with Gasteiger partial charge in [0.1, 0.15) is 5.75 Å². The molecule has 0 aliphatic carbocycles. The lowest BCUT2D eigenvalue weighted by molar-refractivity contribution is 0.353. The van der Waals surface area contributed by atoms with Crippen LogP contribution in [0.3, 0.4) is 0 Å². The lowest BCUT2D eigenvalue weighted by Crippen LogP contribution is -2.06. The highest BCUT2D eigenvalue weighted by atomic mass is 35.5. The maximum Gasteiger partial charge on any atom is 0.306 e. The minimum atomic E-state index is -3.59. The molecule has 5 nitrogen and oxygen atoms in total. The maximum absolute atomic E-state index is 10.9. The average molecular weight is 267 g/mol. The van der Waals surface area contributed by atoms with E-state index in [0.717, 1.165) is 6.26 Å². The number of hydrogen-bond donors (Lipinski definition) is 0. The Balaban J connectivity index is 3.20. The van der Waals surface area contributed by atoms with Gasteiger partial charge in [-0.2, -0.15) is 8.42 Å². The topological polar surface area (TPSA) is 61.8 Å². The highest BCUT2D eigenvalue weighted by Gasteiger charge is 2.14. The zero-order chi connectivity index (χ0) is 12.3. The number of halogens is 1. The van der Waals surface area contributed by atoms with Gasteiger partial charge in [-0.25, -0.2) is 0 Å². The zero-order valence-corrected chi connectivity index (χ0v) is 10.6. The lowest BCUT2D eigenvalue weighted by atomic mass is 10.3. The molecule has 0 amide bonds. The number of hydrogen-bond acceptors (Lipinski definition) is 5. The molecule has 0 heterocycles. The molecule has 0 radical (unpaired) electrons.